The van der Waals surface area contributed by atoms with Gasteiger partial charge in [0.25, 0.3) is 6.43 Å². The Labute approximate surface area is 82.7 Å². The molecule has 0 bridgehead atoms. The third-order valence-corrected chi connectivity index (χ3v) is 1.87. The predicted octanol–water partition coefficient (Wildman–Crippen LogP) is 2.89. The van der Waals surface area contributed by atoms with E-state index in [4.69, 9.17) is 11.6 Å². The fourth-order valence-corrected chi connectivity index (χ4v) is 1.15. The van der Waals surface area contributed by atoms with Crippen LogP contribution >= 0.6 is 11.6 Å². The molecular formula is C7H5ClF2N2O2. The van der Waals surface area contributed by atoms with Crippen molar-refractivity contribution in [2.24, 2.45) is 0 Å². The van der Waals surface area contributed by atoms with Crippen LogP contribution < -0.4 is 0 Å². The molecular weight excluding hydrogens is 218 g/mol. The van der Waals surface area contributed by atoms with Crippen molar-refractivity contribution < 1.29 is 13.7 Å². The van der Waals surface area contributed by atoms with E-state index in [9.17, 15) is 18.9 Å². The molecule has 0 atom stereocenters. The van der Waals surface area contributed by atoms with E-state index in [1.165, 1.54) is 6.92 Å². The number of pyridine rings is 1. The molecule has 0 saturated carbocycles. The molecule has 1 rings (SSSR count). The highest BCUT2D eigenvalue weighted by atomic mass is 35.5. The summed E-state index contributed by atoms with van der Waals surface area (Å²) in [4.78, 5) is 12.8. The Hall–Kier alpha value is -1.30. The maximum absolute atomic E-state index is 12.2. The van der Waals surface area contributed by atoms with Crippen LogP contribution in [0.15, 0.2) is 6.07 Å². The molecule has 1 aromatic rings. The quantitative estimate of drug-likeness (QED) is 0.439. The molecule has 0 aliphatic heterocycles. The molecule has 0 unspecified atom stereocenters. The number of hydrogen-bond acceptors (Lipinski definition) is 3. The van der Waals surface area contributed by atoms with Crippen molar-refractivity contribution in [2.45, 2.75) is 13.3 Å². The molecule has 0 N–H and O–H groups in total. The number of aryl methyl sites for hydroxylation is 1. The summed E-state index contributed by atoms with van der Waals surface area (Å²) in [5.41, 5.74) is -0.940. The molecule has 1 aromatic heterocycles. The Morgan fingerprint density at radius 3 is 2.64 bits per heavy atom. The van der Waals surface area contributed by atoms with Crippen LogP contribution in [-0.4, -0.2) is 9.91 Å². The second-order valence-corrected chi connectivity index (χ2v) is 2.92. The molecule has 76 valence electrons. The average molecular weight is 223 g/mol. The van der Waals surface area contributed by atoms with Gasteiger partial charge >= 0.3 is 5.69 Å². The van der Waals surface area contributed by atoms with Crippen LogP contribution in [0.4, 0.5) is 14.5 Å². The lowest BCUT2D eigenvalue weighted by atomic mass is 10.2. The Morgan fingerprint density at radius 1 is 1.64 bits per heavy atom. The summed E-state index contributed by atoms with van der Waals surface area (Å²) in [6.45, 7) is 1.32. The number of nitro groups is 1. The van der Waals surface area contributed by atoms with E-state index in [1.54, 1.807) is 0 Å². The maximum atomic E-state index is 12.2. The Kier molecular flexibility index (Phi) is 2.95. The molecule has 0 fully saturated rings. The Morgan fingerprint density at radius 2 is 2.21 bits per heavy atom. The summed E-state index contributed by atoms with van der Waals surface area (Å²) in [5.74, 6) is 0. The maximum Gasteiger partial charge on any atom is 0.306 e. The van der Waals surface area contributed by atoms with Gasteiger partial charge in [-0.05, 0) is 12.5 Å². The second-order valence-electron chi connectivity index (χ2n) is 2.56. The highest BCUT2D eigenvalue weighted by Crippen LogP contribution is 2.29. The van der Waals surface area contributed by atoms with Gasteiger partial charge in [0.1, 0.15) is 5.69 Å². The van der Waals surface area contributed by atoms with E-state index < -0.39 is 27.9 Å². The summed E-state index contributed by atoms with van der Waals surface area (Å²) < 4.78 is 24.5. The fraction of sp³-hybridized carbons (Fsp3) is 0.286. The highest BCUT2D eigenvalue weighted by Gasteiger charge is 2.20. The average Bonchev–Trinajstić information content (AvgIpc) is 2.07. The third-order valence-electron chi connectivity index (χ3n) is 1.59. The lowest BCUT2D eigenvalue weighted by Gasteiger charge is -2.03. The molecule has 1 heterocycles. The lowest BCUT2D eigenvalue weighted by molar-refractivity contribution is -0.385. The predicted molar refractivity (Wildman–Crippen MR) is 45.6 cm³/mol. The first-order valence-corrected chi connectivity index (χ1v) is 3.91. The number of hydrogen-bond donors (Lipinski definition) is 0. The minimum absolute atomic E-state index is 0.0519. The molecule has 0 spiro atoms. The molecule has 0 aliphatic rings. The number of alkyl halides is 2. The summed E-state index contributed by atoms with van der Waals surface area (Å²) >= 11 is 5.35. The van der Waals surface area contributed by atoms with Crippen LogP contribution in [0.3, 0.4) is 0 Å². The van der Waals surface area contributed by atoms with Gasteiger partial charge in [0, 0.05) is 6.07 Å². The van der Waals surface area contributed by atoms with Crippen molar-refractivity contribution in [1.29, 1.82) is 0 Å². The van der Waals surface area contributed by atoms with Gasteiger partial charge in [0.2, 0.25) is 5.15 Å². The molecule has 0 aromatic carbocycles. The van der Waals surface area contributed by atoms with Gasteiger partial charge in [-0.25, -0.2) is 13.8 Å². The zero-order valence-corrected chi connectivity index (χ0v) is 7.76. The molecule has 4 nitrogen and oxygen atoms in total. The van der Waals surface area contributed by atoms with Crippen LogP contribution in [0.25, 0.3) is 0 Å². The van der Waals surface area contributed by atoms with Gasteiger partial charge in [-0.1, -0.05) is 11.6 Å². The van der Waals surface area contributed by atoms with Gasteiger partial charge < -0.3 is 0 Å². The van der Waals surface area contributed by atoms with Gasteiger partial charge in [-0.3, -0.25) is 10.1 Å². The molecule has 14 heavy (non-hydrogen) atoms. The zero-order chi connectivity index (χ0) is 10.9. The van der Waals surface area contributed by atoms with Crippen molar-refractivity contribution in [1.82, 2.24) is 4.98 Å². The summed E-state index contributed by atoms with van der Waals surface area (Å²) in [7, 11) is 0. The Balaban J connectivity index is 3.31. The first kappa shape index (κ1) is 10.8. The van der Waals surface area contributed by atoms with E-state index in [2.05, 4.69) is 4.98 Å². The van der Waals surface area contributed by atoms with Gasteiger partial charge in [0.05, 0.1) is 4.92 Å². The molecule has 0 radical (unpaired) electrons. The Bertz CT molecular complexity index is 384. The number of aromatic nitrogens is 1. The van der Waals surface area contributed by atoms with Crippen LogP contribution in [0.2, 0.25) is 5.15 Å². The first-order valence-electron chi connectivity index (χ1n) is 3.53. The van der Waals surface area contributed by atoms with Crippen molar-refractivity contribution in [2.75, 3.05) is 0 Å². The summed E-state index contributed by atoms with van der Waals surface area (Å²) in [5, 5.41) is 9.83. The van der Waals surface area contributed by atoms with E-state index in [-0.39, 0.29) is 5.56 Å². The first-order chi connectivity index (χ1) is 6.43. The van der Waals surface area contributed by atoms with Crippen molar-refractivity contribution in [3.8, 4) is 0 Å². The molecule has 0 amide bonds. The van der Waals surface area contributed by atoms with E-state index in [0.717, 1.165) is 6.07 Å². The topological polar surface area (TPSA) is 56.0 Å². The smallest absolute Gasteiger partial charge is 0.258 e. The van der Waals surface area contributed by atoms with E-state index >= 15 is 0 Å². The zero-order valence-electron chi connectivity index (χ0n) is 7.00. The number of rotatable bonds is 2. The largest absolute Gasteiger partial charge is 0.306 e. The van der Waals surface area contributed by atoms with Crippen LogP contribution in [-0.2, 0) is 0 Å². The van der Waals surface area contributed by atoms with Gasteiger partial charge in [-0.15, -0.1) is 0 Å². The van der Waals surface area contributed by atoms with Crippen molar-refractivity contribution >= 4 is 17.3 Å². The normalized spacial score (nSPS) is 10.6. The van der Waals surface area contributed by atoms with Gasteiger partial charge in [0.15, 0.2) is 0 Å². The van der Waals surface area contributed by atoms with E-state index in [0.29, 0.717) is 0 Å². The molecule has 0 aliphatic carbocycles. The van der Waals surface area contributed by atoms with Crippen LogP contribution in [0, 0.1) is 17.0 Å². The second kappa shape index (κ2) is 3.83. The minimum atomic E-state index is -2.78. The van der Waals surface area contributed by atoms with Crippen molar-refractivity contribution in [3.63, 3.8) is 0 Å². The fourth-order valence-electron chi connectivity index (χ4n) is 0.939. The number of halogens is 3. The lowest BCUT2D eigenvalue weighted by Crippen LogP contribution is -1.99. The highest BCUT2D eigenvalue weighted by molar-refractivity contribution is 6.31. The minimum Gasteiger partial charge on any atom is -0.258 e. The molecule has 0 saturated heterocycles. The third kappa shape index (κ3) is 1.95. The van der Waals surface area contributed by atoms with Gasteiger partial charge in [-0.2, -0.15) is 0 Å². The standard InChI is InChI=1S/C7H5ClF2N2O2/c1-3-2-4(12(13)14)6(8)11-5(3)7(9)10/h2,7H,1H3. The summed E-state index contributed by atoms with van der Waals surface area (Å²) in [6, 6.07) is 0.983. The van der Waals surface area contributed by atoms with E-state index in [1.807, 2.05) is 0 Å². The van der Waals surface area contributed by atoms with Crippen LogP contribution in [0.5, 0.6) is 0 Å². The summed E-state index contributed by atoms with van der Waals surface area (Å²) in [6.07, 6.45) is -2.78. The SMILES string of the molecule is Cc1cc([N+](=O)[O-])c(Cl)nc1C(F)F. The number of nitrogens with zero attached hydrogens (tertiary/aromatic N) is 2. The van der Waals surface area contributed by atoms with Crippen LogP contribution in [0.1, 0.15) is 17.7 Å². The molecule has 7 heteroatoms. The van der Waals surface area contributed by atoms with Crippen molar-refractivity contribution in [3.05, 3.63) is 32.6 Å². The monoisotopic (exact) mass is 222 g/mol.